The van der Waals surface area contributed by atoms with Gasteiger partial charge in [-0.25, -0.2) is 0 Å². The van der Waals surface area contributed by atoms with E-state index in [1.54, 1.807) is 37.1 Å². The molecule has 2 aromatic heterocycles. The lowest BCUT2D eigenvalue weighted by atomic mass is 9.98. The lowest BCUT2D eigenvalue weighted by Crippen LogP contribution is -2.05. The van der Waals surface area contributed by atoms with Crippen LogP contribution >= 0.6 is 35.0 Å². The van der Waals surface area contributed by atoms with Gasteiger partial charge < -0.3 is 4.57 Å². The fourth-order valence-electron chi connectivity index (χ4n) is 3.38. The normalized spacial score (nSPS) is 11.2. The third-order valence-electron chi connectivity index (χ3n) is 4.58. The zero-order valence-electron chi connectivity index (χ0n) is 16.3. The third-order valence-corrected chi connectivity index (χ3v) is 6.12. The van der Waals surface area contributed by atoms with E-state index >= 15 is 0 Å². The zero-order valence-corrected chi connectivity index (χ0v) is 18.6. The molecule has 0 saturated carbocycles. The molecular formula is C22H22Cl2N2OS. The molecule has 0 bridgehead atoms. The minimum absolute atomic E-state index is 0.0839. The van der Waals surface area contributed by atoms with E-state index in [0.29, 0.717) is 16.6 Å². The smallest absolute Gasteiger partial charge is 0.161 e. The first-order chi connectivity index (χ1) is 13.3. The van der Waals surface area contributed by atoms with Crippen molar-refractivity contribution in [3.8, 4) is 0 Å². The van der Waals surface area contributed by atoms with E-state index < -0.39 is 0 Å². The van der Waals surface area contributed by atoms with E-state index in [-0.39, 0.29) is 11.7 Å². The van der Waals surface area contributed by atoms with E-state index in [9.17, 15) is 4.79 Å². The predicted molar refractivity (Wildman–Crippen MR) is 117 cm³/mol. The molecule has 0 atom stereocenters. The fourth-order valence-corrected chi connectivity index (χ4v) is 5.39. The highest BCUT2D eigenvalue weighted by molar-refractivity contribution is 7.99. The van der Waals surface area contributed by atoms with Crippen molar-refractivity contribution in [1.29, 1.82) is 0 Å². The average molecular weight is 433 g/mol. The van der Waals surface area contributed by atoms with E-state index in [4.69, 9.17) is 23.2 Å². The maximum atomic E-state index is 12.5. The molecule has 0 aliphatic heterocycles. The van der Waals surface area contributed by atoms with Crippen molar-refractivity contribution in [3.05, 3.63) is 75.2 Å². The molecule has 0 N–H and O–H groups in total. The van der Waals surface area contributed by atoms with Crippen LogP contribution in [0.15, 0.2) is 52.6 Å². The summed E-state index contributed by atoms with van der Waals surface area (Å²) in [6.45, 7) is 8.55. The van der Waals surface area contributed by atoms with Crippen LogP contribution in [0.1, 0.15) is 53.9 Å². The van der Waals surface area contributed by atoms with Gasteiger partial charge in [0, 0.05) is 45.1 Å². The van der Waals surface area contributed by atoms with E-state index in [2.05, 4.69) is 23.4 Å². The number of nitrogens with zero attached hydrogens (tertiary/aromatic N) is 2. The minimum Gasteiger partial charge on any atom is -0.335 e. The Labute approximate surface area is 180 Å². The van der Waals surface area contributed by atoms with Gasteiger partial charge in [0.1, 0.15) is 0 Å². The topological polar surface area (TPSA) is 34.9 Å². The number of hydrogen-bond acceptors (Lipinski definition) is 3. The quantitative estimate of drug-likeness (QED) is 0.392. The van der Waals surface area contributed by atoms with Crippen molar-refractivity contribution in [2.75, 3.05) is 0 Å². The van der Waals surface area contributed by atoms with Gasteiger partial charge in [0.25, 0.3) is 0 Å². The van der Waals surface area contributed by atoms with Crippen molar-refractivity contribution in [2.45, 2.75) is 50.1 Å². The zero-order chi connectivity index (χ0) is 20.4. The molecule has 0 amide bonds. The molecule has 3 rings (SSSR count). The number of rotatable bonds is 6. The SMILES string of the molecule is CC(=O)c1c(C(C)C)c(Sc2cc(Cl)cc(Cl)c2)n(Cc2ccncc2)c1C. The number of hydrogen-bond donors (Lipinski definition) is 0. The van der Waals surface area contributed by atoms with Crippen LogP contribution in [0.4, 0.5) is 0 Å². The number of ketones is 1. The summed E-state index contributed by atoms with van der Waals surface area (Å²) >= 11 is 14.0. The Morgan fingerprint density at radius 1 is 1.14 bits per heavy atom. The maximum absolute atomic E-state index is 12.5. The van der Waals surface area contributed by atoms with Crippen molar-refractivity contribution in [1.82, 2.24) is 9.55 Å². The molecule has 0 aliphatic carbocycles. The second-order valence-corrected chi connectivity index (χ2v) is 8.97. The Bertz CT molecular complexity index is 993. The number of halogens is 2. The number of carbonyl (C=O) groups is 1. The maximum Gasteiger partial charge on any atom is 0.161 e. The Balaban J connectivity index is 2.19. The van der Waals surface area contributed by atoms with Crippen LogP contribution in [0.25, 0.3) is 0 Å². The average Bonchev–Trinajstić information content (AvgIpc) is 2.88. The molecule has 2 heterocycles. The monoisotopic (exact) mass is 432 g/mol. The van der Waals surface area contributed by atoms with Crippen LogP contribution in [0.5, 0.6) is 0 Å². The largest absolute Gasteiger partial charge is 0.335 e. The number of benzene rings is 1. The van der Waals surface area contributed by atoms with E-state index in [0.717, 1.165) is 32.3 Å². The number of pyridine rings is 1. The molecule has 0 unspecified atom stereocenters. The lowest BCUT2D eigenvalue weighted by molar-refractivity contribution is 0.101. The predicted octanol–water partition coefficient (Wildman–Crippen LogP) is 7.02. The van der Waals surface area contributed by atoms with Gasteiger partial charge in [0.2, 0.25) is 0 Å². The summed E-state index contributed by atoms with van der Waals surface area (Å²) < 4.78 is 2.21. The van der Waals surface area contributed by atoms with Gasteiger partial charge in [0.05, 0.1) is 5.03 Å². The Morgan fingerprint density at radius 3 is 2.29 bits per heavy atom. The Kier molecular flexibility index (Phi) is 6.54. The number of Topliss-reactive ketones (excluding diaryl/α,β-unsaturated/α-hetero) is 1. The summed E-state index contributed by atoms with van der Waals surface area (Å²) in [4.78, 5) is 17.5. The van der Waals surface area contributed by atoms with Crippen LogP contribution in [0.2, 0.25) is 10.0 Å². The fraction of sp³-hybridized carbons (Fsp3) is 0.273. The third kappa shape index (κ3) is 4.45. The molecule has 0 saturated heterocycles. The highest BCUT2D eigenvalue weighted by Crippen LogP contribution is 2.41. The molecule has 0 radical (unpaired) electrons. The summed E-state index contributed by atoms with van der Waals surface area (Å²) in [5, 5.41) is 2.24. The second-order valence-electron chi connectivity index (χ2n) is 7.04. The standard InChI is InChI=1S/C22H22Cl2N2OS/c1-13(2)20-21(15(4)27)14(3)26(12-16-5-7-25-8-6-16)22(20)28-19-10-17(23)9-18(24)11-19/h5-11,13H,12H2,1-4H3. The van der Waals surface area contributed by atoms with Crippen molar-refractivity contribution in [2.24, 2.45) is 0 Å². The summed E-state index contributed by atoms with van der Waals surface area (Å²) in [5.74, 6) is 0.286. The van der Waals surface area contributed by atoms with Gasteiger partial charge >= 0.3 is 0 Å². The summed E-state index contributed by atoms with van der Waals surface area (Å²) in [5.41, 5.74) is 3.98. The van der Waals surface area contributed by atoms with Gasteiger partial charge in [-0.1, -0.05) is 48.8 Å². The van der Waals surface area contributed by atoms with E-state index in [1.807, 2.05) is 31.2 Å². The number of aromatic nitrogens is 2. The van der Waals surface area contributed by atoms with Crippen molar-refractivity contribution < 1.29 is 4.79 Å². The van der Waals surface area contributed by atoms with Gasteiger partial charge in [-0.15, -0.1) is 0 Å². The van der Waals surface area contributed by atoms with Crippen LogP contribution in [-0.4, -0.2) is 15.3 Å². The van der Waals surface area contributed by atoms with Crippen molar-refractivity contribution in [3.63, 3.8) is 0 Å². The van der Waals surface area contributed by atoms with Crippen molar-refractivity contribution >= 4 is 40.7 Å². The molecule has 0 aliphatic rings. The second kappa shape index (κ2) is 8.73. The van der Waals surface area contributed by atoms with Crippen LogP contribution in [-0.2, 0) is 6.54 Å². The first-order valence-electron chi connectivity index (χ1n) is 9.04. The Hall–Kier alpha value is -1.75. The molecule has 6 heteroatoms. The molecule has 0 spiro atoms. The lowest BCUT2D eigenvalue weighted by Gasteiger charge is -2.14. The highest BCUT2D eigenvalue weighted by Gasteiger charge is 2.25. The number of carbonyl (C=O) groups excluding carboxylic acids is 1. The molecule has 1 aromatic carbocycles. The molecule has 3 aromatic rings. The summed E-state index contributed by atoms with van der Waals surface area (Å²) in [7, 11) is 0. The van der Waals surface area contributed by atoms with Crippen LogP contribution < -0.4 is 0 Å². The summed E-state index contributed by atoms with van der Waals surface area (Å²) in [6, 6.07) is 9.50. The van der Waals surface area contributed by atoms with Crippen LogP contribution in [0, 0.1) is 6.92 Å². The van der Waals surface area contributed by atoms with Crippen LogP contribution in [0.3, 0.4) is 0 Å². The van der Waals surface area contributed by atoms with E-state index in [1.165, 1.54) is 0 Å². The first-order valence-corrected chi connectivity index (χ1v) is 10.6. The highest BCUT2D eigenvalue weighted by atomic mass is 35.5. The molecule has 146 valence electrons. The van der Waals surface area contributed by atoms with Gasteiger partial charge in [-0.3, -0.25) is 9.78 Å². The van der Waals surface area contributed by atoms with Gasteiger partial charge in [0.15, 0.2) is 5.78 Å². The molecular weight excluding hydrogens is 411 g/mol. The molecule has 28 heavy (non-hydrogen) atoms. The van der Waals surface area contributed by atoms with Gasteiger partial charge in [-0.05, 0) is 61.2 Å². The summed E-state index contributed by atoms with van der Waals surface area (Å²) in [6.07, 6.45) is 3.57. The minimum atomic E-state index is 0.0839. The van der Waals surface area contributed by atoms with Gasteiger partial charge in [-0.2, -0.15) is 0 Å². The molecule has 3 nitrogen and oxygen atoms in total. The first kappa shape index (κ1) is 21.0. The Morgan fingerprint density at radius 2 is 1.75 bits per heavy atom. The molecule has 0 fully saturated rings.